The molecular formula is C14H23N3OS. The summed E-state index contributed by atoms with van der Waals surface area (Å²) in [6.07, 6.45) is 3.49. The zero-order chi connectivity index (χ0) is 14.2. The van der Waals surface area contributed by atoms with Crippen LogP contribution in [0, 0.1) is 0 Å². The van der Waals surface area contributed by atoms with Gasteiger partial charge in [0, 0.05) is 24.0 Å². The molecule has 1 aromatic rings. The van der Waals surface area contributed by atoms with Crippen LogP contribution in [0.1, 0.15) is 55.2 Å². The molecule has 2 heterocycles. The van der Waals surface area contributed by atoms with Gasteiger partial charge in [0.1, 0.15) is 4.88 Å². The maximum Gasteiger partial charge on any atom is 0.265 e. The highest BCUT2D eigenvalue weighted by molar-refractivity contribution is 7.13. The summed E-state index contributed by atoms with van der Waals surface area (Å²) in [5.74, 6) is 0.104. The molecule has 0 aromatic carbocycles. The van der Waals surface area contributed by atoms with Gasteiger partial charge < -0.3 is 10.6 Å². The van der Waals surface area contributed by atoms with Crippen molar-refractivity contribution in [3.05, 3.63) is 16.1 Å². The van der Waals surface area contributed by atoms with Crippen molar-refractivity contribution >= 4 is 17.2 Å². The average Bonchev–Trinajstić information content (AvgIpc) is 2.76. The van der Waals surface area contributed by atoms with Crippen LogP contribution >= 0.6 is 11.3 Å². The fraction of sp³-hybridized carbons (Fsp3) is 0.714. The molecular weight excluding hydrogens is 258 g/mol. The smallest absolute Gasteiger partial charge is 0.265 e. The van der Waals surface area contributed by atoms with Crippen molar-refractivity contribution in [1.29, 1.82) is 0 Å². The lowest BCUT2D eigenvalue weighted by molar-refractivity contribution is 0.0624. The van der Waals surface area contributed by atoms with Gasteiger partial charge in [0.2, 0.25) is 0 Å². The zero-order valence-corrected chi connectivity index (χ0v) is 13.0. The molecule has 0 radical (unpaired) electrons. The van der Waals surface area contributed by atoms with E-state index >= 15 is 0 Å². The molecule has 1 amide bonds. The van der Waals surface area contributed by atoms with E-state index in [2.05, 4.69) is 32.7 Å². The molecule has 0 aliphatic carbocycles. The summed E-state index contributed by atoms with van der Waals surface area (Å²) in [5, 5.41) is 1.01. The first kappa shape index (κ1) is 14.5. The lowest BCUT2D eigenvalue weighted by Gasteiger charge is -2.36. The van der Waals surface area contributed by atoms with E-state index in [9.17, 15) is 4.79 Å². The van der Waals surface area contributed by atoms with Gasteiger partial charge in [-0.2, -0.15) is 0 Å². The number of amides is 1. The predicted molar refractivity (Wildman–Crippen MR) is 78.5 cm³/mol. The minimum atomic E-state index is -0.000928. The monoisotopic (exact) mass is 281 g/mol. The van der Waals surface area contributed by atoms with E-state index in [1.54, 1.807) is 6.20 Å². The van der Waals surface area contributed by atoms with E-state index in [-0.39, 0.29) is 23.4 Å². The molecule has 1 aromatic heterocycles. The number of rotatable bonds is 1. The Kier molecular flexibility index (Phi) is 3.97. The van der Waals surface area contributed by atoms with Gasteiger partial charge >= 0.3 is 0 Å². The van der Waals surface area contributed by atoms with Crippen LogP contribution in [-0.2, 0) is 5.41 Å². The minimum absolute atomic E-state index is 0.000928. The Hall–Kier alpha value is -0.940. The van der Waals surface area contributed by atoms with Crippen LogP contribution in [0.4, 0.5) is 0 Å². The third-order valence-electron chi connectivity index (χ3n) is 3.54. The number of carbonyl (C=O) groups is 1. The van der Waals surface area contributed by atoms with Gasteiger partial charge in [-0.1, -0.05) is 20.8 Å². The van der Waals surface area contributed by atoms with E-state index in [0.29, 0.717) is 0 Å². The lowest BCUT2D eigenvalue weighted by Crippen LogP contribution is -2.48. The van der Waals surface area contributed by atoms with E-state index in [1.165, 1.54) is 11.3 Å². The molecule has 1 saturated heterocycles. The summed E-state index contributed by atoms with van der Waals surface area (Å²) in [6, 6.07) is 0.446. The Morgan fingerprint density at radius 3 is 2.74 bits per heavy atom. The van der Waals surface area contributed by atoms with Crippen molar-refractivity contribution in [2.24, 2.45) is 5.73 Å². The van der Waals surface area contributed by atoms with Gasteiger partial charge in [0.15, 0.2) is 0 Å². The molecule has 0 spiro atoms. The number of hydrogen-bond acceptors (Lipinski definition) is 4. The first-order valence-electron chi connectivity index (χ1n) is 6.82. The molecule has 0 unspecified atom stereocenters. The quantitative estimate of drug-likeness (QED) is 0.860. The third-order valence-corrected chi connectivity index (χ3v) is 4.95. The van der Waals surface area contributed by atoms with Crippen LogP contribution in [-0.4, -0.2) is 34.4 Å². The van der Waals surface area contributed by atoms with Crippen LogP contribution in [0.25, 0.3) is 0 Å². The highest BCUT2D eigenvalue weighted by atomic mass is 32.1. The van der Waals surface area contributed by atoms with Crippen LogP contribution in [0.5, 0.6) is 0 Å². The Bertz CT molecular complexity index is 464. The van der Waals surface area contributed by atoms with Crippen molar-refractivity contribution in [3.63, 3.8) is 0 Å². The second kappa shape index (κ2) is 5.21. The first-order chi connectivity index (χ1) is 8.79. The summed E-state index contributed by atoms with van der Waals surface area (Å²) in [4.78, 5) is 19.6. The normalized spacial score (nSPS) is 24.6. The number of nitrogens with zero attached hydrogens (tertiary/aromatic N) is 2. The number of hydrogen-bond donors (Lipinski definition) is 1. The molecule has 106 valence electrons. The van der Waals surface area contributed by atoms with Gasteiger partial charge in [-0.25, -0.2) is 4.98 Å². The Morgan fingerprint density at radius 2 is 2.21 bits per heavy atom. The zero-order valence-electron chi connectivity index (χ0n) is 12.1. The SMILES string of the molecule is C[C@@H]1C[C@@H](N)CCN1C(=O)c1cnc(C(C)(C)C)s1. The fourth-order valence-electron chi connectivity index (χ4n) is 2.37. The number of likely N-dealkylation sites (tertiary alicyclic amines) is 1. The van der Waals surface area contributed by atoms with Crippen LogP contribution < -0.4 is 5.73 Å². The summed E-state index contributed by atoms with van der Waals surface area (Å²) in [7, 11) is 0. The average molecular weight is 281 g/mol. The summed E-state index contributed by atoms with van der Waals surface area (Å²) in [6.45, 7) is 9.17. The van der Waals surface area contributed by atoms with Gasteiger partial charge in [0.05, 0.1) is 11.2 Å². The van der Waals surface area contributed by atoms with E-state index in [1.807, 2.05) is 4.90 Å². The maximum atomic E-state index is 12.5. The van der Waals surface area contributed by atoms with Gasteiger partial charge in [-0.05, 0) is 19.8 Å². The van der Waals surface area contributed by atoms with Crippen molar-refractivity contribution in [2.45, 2.75) is 58.0 Å². The Labute approximate surface area is 119 Å². The van der Waals surface area contributed by atoms with Gasteiger partial charge in [0.25, 0.3) is 5.91 Å². The molecule has 1 aliphatic heterocycles. The van der Waals surface area contributed by atoms with E-state index < -0.39 is 0 Å². The Morgan fingerprint density at radius 1 is 1.53 bits per heavy atom. The van der Waals surface area contributed by atoms with Crippen molar-refractivity contribution in [2.75, 3.05) is 6.54 Å². The maximum absolute atomic E-state index is 12.5. The number of carbonyl (C=O) groups excluding carboxylic acids is 1. The number of thiazole rings is 1. The standard InChI is InChI=1S/C14H23N3OS/c1-9-7-10(15)5-6-17(9)12(18)11-8-16-13(19-11)14(2,3)4/h8-10H,5-7,15H2,1-4H3/t9-,10+/m1/s1. The molecule has 0 saturated carbocycles. The highest BCUT2D eigenvalue weighted by Gasteiger charge is 2.29. The van der Waals surface area contributed by atoms with Crippen molar-refractivity contribution in [1.82, 2.24) is 9.88 Å². The van der Waals surface area contributed by atoms with Gasteiger partial charge in [-0.3, -0.25) is 4.79 Å². The number of aromatic nitrogens is 1. The summed E-state index contributed by atoms with van der Waals surface area (Å²) in [5.41, 5.74) is 5.94. The third kappa shape index (κ3) is 3.15. The predicted octanol–water partition coefficient (Wildman–Crippen LogP) is 2.39. The van der Waals surface area contributed by atoms with Crippen molar-refractivity contribution < 1.29 is 4.79 Å². The molecule has 2 N–H and O–H groups in total. The molecule has 1 aliphatic rings. The summed E-state index contributed by atoms with van der Waals surface area (Å²) >= 11 is 1.51. The molecule has 0 bridgehead atoms. The van der Waals surface area contributed by atoms with Crippen LogP contribution in [0.15, 0.2) is 6.20 Å². The number of nitrogens with two attached hydrogens (primary N) is 1. The number of piperidine rings is 1. The van der Waals surface area contributed by atoms with Crippen LogP contribution in [0.2, 0.25) is 0 Å². The minimum Gasteiger partial charge on any atom is -0.335 e. The molecule has 2 atom stereocenters. The van der Waals surface area contributed by atoms with Gasteiger partial charge in [-0.15, -0.1) is 11.3 Å². The second-order valence-corrected chi connectivity index (χ2v) is 7.44. The second-order valence-electron chi connectivity index (χ2n) is 6.41. The summed E-state index contributed by atoms with van der Waals surface area (Å²) < 4.78 is 0. The highest BCUT2D eigenvalue weighted by Crippen LogP contribution is 2.28. The fourth-order valence-corrected chi connectivity index (χ4v) is 3.30. The topological polar surface area (TPSA) is 59.2 Å². The molecule has 5 heteroatoms. The van der Waals surface area contributed by atoms with E-state index in [0.717, 1.165) is 29.3 Å². The lowest BCUT2D eigenvalue weighted by atomic mass is 9.98. The first-order valence-corrected chi connectivity index (χ1v) is 7.63. The molecule has 1 fully saturated rings. The largest absolute Gasteiger partial charge is 0.335 e. The molecule has 19 heavy (non-hydrogen) atoms. The van der Waals surface area contributed by atoms with E-state index in [4.69, 9.17) is 5.73 Å². The molecule has 4 nitrogen and oxygen atoms in total. The molecule has 2 rings (SSSR count). The Balaban J connectivity index is 2.14. The van der Waals surface area contributed by atoms with Crippen LogP contribution in [0.3, 0.4) is 0 Å². The van der Waals surface area contributed by atoms with Crippen molar-refractivity contribution in [3.8, 4) is 0 Å².